The third kappa shape index (κ3) is 1.84. The lowest BCUT2D eigenvalue weighted by molar-refractivity contribution is -0.105. The smallest absolute Gasteiger partial charge is 0.149 e. The van der Waals surface area contributed by atoms with Crippen molar-refractivity contribution in [1.29, 1.82) is 0 Å². The summed E-state index contributed by atoms with van der Waals surface area (Å²) in [6.07, 6.45) is 5.88. The molecule has 3 heteroatoms. The van der Waals surface area contributed by atoms with Crippen molar-refractivity contribution in [3.8, 4) is 5.75 Å². The number of hydrogen-bond donors (Lipinski definition) is 0. The highest BCUT2D eigenvalue weighted by Crippen LogP contribution is 2.39. The maximum absolute atomic E-state index is 11.0. The van der Waals surface area contributed by atoms with Crippen molar-refractivity contribution in [1.82, 2.24) is 0 Å². The van der Waals surface area contributed by atoms with Gasteiger partial charge < -0.3 is 4.74 Å². The van der Waals surface area contributed by atoms with Crippen LogP contribution in [0.4, 0.5) is 0 Å². The third-order valence-electron chi connectivity index (χ3n) is 3.14. The Hall–Kier alpha value is -1.35. The van der Waals surface area contributed by atoms with Crippen LogP contribution in [0.25, 0.3) is 6.08 Å². The van der Waals surface area contributed by atoms with Gasteiger partial charge in [0.05, 0.1) is 0 Å². The van der Waals surface area contributed by atoms with Gasteiger partial charge in [0.2, 0.25) is 0 Å². The molecule has 3 rings (SSSR count). The SMILES string of the molecule is O=CC1=C2Oc3cc(Br)ccc3C=C2CCC1. The number of fused-ring (bicyclic) bond motifs is 2. The fraction of sp³-hybridized carbons (Fsp3) is 0.214. The van der Waals surface area contributed by atoms with E-state index in [0.717, 1.165) is 58.2 Å². The minimum absolute atomic E-state index is 0.775. The second-order valence-corrected chi connectivity index (χ2v) is 5.20. The van der Waals surface area contributed by atoms with Gasteiger partial charge in [0.25, 0.3) is 0 Å². The molecule has 0 fully saturated rings. The minimum atomic E-state index is 0.775. The molecule has 0 aromatic heterocycles. The monoisotopic (exact) mass is 290 g/mol. The van der Waals surface area contributed by atoms with Gasteiger partial charge in [0.1, 0.15) is 17.8 Å². The predicted octanol–water partition coefficient (Wildman–Crippen LogP) is 3.86. The molecule has 1 aromatic carbocycles. The van der Waals surface area contributed by atoms with Crippen LogP contribution >= 0.6 is 15.9 Å². The number of hydrogen-bond acceptors (Lipinski definition) is 2. The largest absolute Gasteiger partial charge is 0.456 e. The number of benzene rings is 1. The zero-order valence-corrected chi connectivity index (χ0v) is 10.8. The molecule has 17 heavy (non-hydrogen) atoms. The Morgan fingerprint density at radius 2 is 2.18 bits per heavy atom. The number of allylic oxidation sites excluding steroid dienone is 2. The summed E-state index contributed by atoms with van der Waals surface area (Å²) in [5.41, 5.74) is 3.01. The molecule has 0 N–H and O–H groups in total. The molecule has 0 spiro atoms. The number of aldehydes is 1. The maximum atomic E-state index is 11.0. The molecule has 0 radical (unpaired) electrons. The average molecular weight is 291 g/mol. The van der Waals surface area contributed by atoms with Crippen LogP contribution < -0.4 is 4.74 Å². The van der Waals surface area contributed by atoms with E-state index in [1.807, 2.05) is 18.2 Å². The van der Waals surface area contributed by atoms with Crippen LogP contribution in [0.15, 0.2) is 39.6 Å². The lowest BCUT2D eigenvalue weighted by Gasteiger charge is -2.25. The van der Waals surface area contributed by atoms with Gasteiger partial charge in [-0.05, 0) is 43.0 Å². The standard InChI is InChI=1S/C14H11BrO2/c15-12-5-4-9-6-10-2-1-3-11(8-16)14(10)17-13(9)7-12/h4-8H,1-3H2. The summed E-state index contributed by atoms with van der Waals surface area (Å²) in [5, 5.41) is 0. The van der Waals surface area contributed by atoms with E-state index < -0.39 is 0 Å². The molecule has 0 unspecified atom stereocenters. The topological polar surface area (TPSA) is 26.3 Å². The number of carbonyl (C=O) groups excluding carboxylic acids is 1. The molecule has 86 valence electrons. The Labute approximate surface area is 108 Å². The first-order valence-corrected chi connectivity index (χ1v) is 6.44. The molecule has 0 saturated carbocycles. The van der Waals surface area contributed by atoms with Crippen molar-refractivity contribution in [2.45, 2.75) is 19.3 Å². The normalized spacial score (nSPS) is 17.8. The second-order valence-electron chi connectivity index (χ2n) is 4.28. The Balaban J connectivity index is 2.15. The van der Waals surface area contributed by atoms with Gasteiger partial charge in [0.15, 0.2) is 0 Å². The first-order valence-electron chi connectivity index (χ1n) is 5.64. The van der Waals surface area contributed by atoms with E-state index in [9.17, 15) is 4.79 Å². The Morgan fingerprint density at radius 1 is 1.29 bits per heavy atom. The van der Waals surface area contributed by atoms with Gasteiger partial charge in [-0.1, -0.05) is 22.0 Å². The summed E-state index contributed by atoms with van der Waals surface area (Å²) in [5.74, 6) is 1.59. The van der Waals surface area contributed by atoms with Gasteiger partial charge in [0, 0.05) is 15.6 Å². The van der Waals surface area contributed by atoms with Crippen molar-refractivity contribution in [3.63, 3.8) is 0 Å². The van der Waals surface area contributed by atoms with Crippen LogP contribution in [0.5, 0.6) is 5.75 Å². The van der Waals surface area contributed by atoms with Gasteiger partial charge in [-0.15, -0.1) is 0 Å². The van der Waals surface area contributed by atoms with Crippen molar-refractivity contribution < 1.29 is 9.53 Å². The number of halogens is 1. The van der Waals surface area contributed by atoms with E-state index in [-0.39, 0.29) is 0 Å². The van der Waals surface area contributed by atoms with Crippen LogP contribution in [0.3, 0.4) is 0 Å². The summed E-state index contributed by atoms with van der Waals surface area (Å²) < 4.78 is 6.85. The molecule has 1 heterocycles. The molecule has 1 aliphatic carbocycles. The summed E-state index contributed by atoms with van der Waals surface area (Å²) in [6, 6.07) is 5.96. The average Bonchev–Trinajstić information content (AvgIpc) is 2.35. The molecule has 1 aliphatic heterocycles. The second kappa shape index (κ2) is 4.15. The predicted molar refractivity (Wildman–Crippen MR) is 69.7 cm³/mol. The fourth-order valence-corrected chi connectivity index (χ4v) is 2.64. The highest BCUT2D eigenvalue weighted by molar-refractivity contribution is 9.10. The molecule has 2 aliphatic rings. The Kier molecular flexibility index (Phi) is 2.63. The quantitative estimate of drug-likeness (QED) is 0.734. The van der Waals surface area contributed by atoms with E-state index in [0.29, 0.717) is 0 Å². The van der Waals surface area contributed by atoms with Gasteiger partial charge in [-0.25, -0.2) is 0 Å². The molecular formula is C14H11BrO2. The van der Waals surface area contributed by atoms with Crippen LogP contribution in [0.2, 0.25) is 0 Å². The number of carbonyl (C=O) groups is 1. The highest BCUT2D eigenvalue weighted by atomic mass is 79.9. The van der Waals surface area contributed by atoms with E-state index in [2.05, 4.69) is 22.0 Å². The molecule has 2 nitrogen and oxygen atoms in total. The third-order valence-corrected chi connectivity index (χ3v) is 3.63. The molecule has 0 bridgehead atoms. The first kappa shape index (κ1) is 10.8. The summed E-state index contributed by atoms with van der Waals surface area (Å²) in [4.78, 5) is 11.0. The fourth-order valence-electron chi connectivity index (χ4n) is 2.30. The summed E-state index contributed by atoms with van der Waals surface area (Å²) in [7, 11) is 0. The van der Waals surface area contributed by atoms with Gasteiger partial charge in [-0.3, -0.25) is 4.79 Å². The van der Waals surface area contributed by atoms with Gasteiger partial charge >= 0.3 is 0 Å². The summed E-state index contributed by atoms with van der Waals surface area (Å²) in [6.45, 7) is 0. The molecule has 1 aromatic rings. The lowest BCUT2D eigenvalue weighted by Crippen LogP contribution is -2.13. The lowest BCUT2D eigenvalue weighted by atomic mass is 9.91. The zero-order valence-electron chi connectivity index (χ0n) is 9.20. The first-order chi connectivity index (χ1) is 8.28. The minimum Gasteiger partial charge on any atom is -0.456 e. The Bertz CT molecular complexity index is 555. The van der Waals surface area contributed by atoms with Crippen LogP contribution in [0, 0.1) is 0 Å². The Morgan fingerprint density at radius 3 is 3.00 bits per heavy atom. The van der Waals surface area contributed by atoms with E-state index >= 15 is 0 Å². The molecule has 0 amide bonds. The van der Waals surface area contributed by atoms with E-state index in [4.69, 9.17) is 4.74 Å². The number of rotatable bonds is 1. The van der Waals surface area contributed by atoms with Crippen LogP contribution in [-0.2, 0) is 4.79 Å². The maximum Gasteiger partial charge on any atom is 0.149 e. The van der Waals surface area contributed by atoms with Crippen molar-refractivity contribution in [2.75, 3.05) is 0 Å². The molecule has 0 saturated heterocycles. The van der Waals surface area contributed by atoms with E-state index in [1.54, 1.807) is 0 Å². The van der Waals surface area contributed by atoms with Crippen molar-refractivity contribution in [3.05, 3.63) is 45.1 Å². The van der Waals surface area contributed by atoms with Crippen molar-refractivity contribution in [2.24, 2.45) is 0 Å². The highest BCUT2D eigenvalue weighted by Gasteiger charge is 2.23. The summed E-state index contributed by atoms with van der Waals surface area (Å²) >= 11 is 3.42. The van der Waals surface area contributed by atoms with Crippen LogP contribution in [0.1, 0.15) is 24.8 Å². The van der Waals surface area contributed by atoms with Gasteiger partial charge in [-0.2, -0.15) is 0 Å². The number of ether oxygens (including phenoxy) is 1. The molecular weight excluding hydrogens is 280 g/mol. The van der Waals surface area contributed by atoms with E-state index in [1.165, 1.54) is 0 Å². The molecule has 0 atom stereocenters. The zero-order chi connectivity index (χ0) is 11.8. The van der Waals surface area contributed by atoms with Crippen LogP contribution in [-0.4, -0.2) is 6.29 Å². The van der Waals surface area contributed by atoms with Crippen molar-refractivity contribution >= 4 is 28.3 Å².